The first kappa shape index (κ1) is 23.1. The topological polar surface area (TPSA) is 98.0 Å². The number of carbonyl (C=O) groups is 1. The van der Waals surface area contributed by atoms with E-state index in [4.69, 9.17) is 5.11 Å². The minimum atomic E-state index is -1.15. The van der Waals surface area contributed by atoms with E-state index in [0.29, 0.717) is 12.8 Å². The first-order valence-electron chi connectivity index (χ1n) is 9.41. The van der Waals surface area contributed by atoms with Gasteiger partial charge in [-0.15, -0.1) is 0 Å². The van der Waals surface area contributed by atoms with Crippen LogP contribution in [0.3, 0.4) is 0 Å². The zero-order valence-electron chi connectivity index (χ0n) is 15.1. The molecule has 0 aliphatic carbocycles. The molecule has 4 N–H and O–H groups in total. The van der Waals surface area contributed by atoms with Gasteiger partial charge in [-0.2, -0.15) is 0 Å². The van der Waals surface area contributed by atoms with Gasteiger partial charge < -0.3 is 20.4 Å². The Morgan fingerprint density at radius 3 is 2.21 bits per heavy atom. The highest BCUT2D eigenvalue weighted by Gasteiger charge is 2.21. The number of aliphatic hydroxyl groups is 3. The Bertz CT molecular complexity index is 330. The first-order chi connectivity index (χ1) is 11.5. The van der Waals surface area contributed by atoms with Crippen LogP contribution in [-0.2, 0) is 4.79 Å². The molecule has 0 unspecified atom stereocenters. The van der Waals surface area contributed by atoms with Gasteiger partial charge in [0.25, 0.3) is 0 Å². The van der Waals surface area contributed by atoms with E-state index in [1.54, 1.807) is 6.08 Å². The summed E-state index contributed by atoms with van der Waals surface area (Å²) in [7, 11) is 0. The van der Waals surface area contributed by atoms with Gasteiger partial charge in [0.15, 0.2) is 0 Å². The Hall–Kier alpha value is -0.910. The second-order valence-electron chi connectivity index (χ2n) is 6.53. The monoisotopic (exact) mass is 344 g/mol. The minimum Gasteiger partial charge on any atom is -0.481 e. The Morgan fingerprint density at radius 2 is 1.54 bits per heavy atom. The summed E-state index contributed by atoms with van der Waals surface area (Å²) in [5.41, 5.74) is 0. The molecule has 0 radical (unpaired) electrons. The van der Waals surface area contributed by atoms with E-state index in [2.05, 4.69) is 6.92 Å². The van der Waals surface area contributed by atoms with Crippen LogP contribution in [0.25, 0.3) is 0 Å². The molecule has 142 valence electrons. The summed E-state index contributed by atoms with van der Waals surface area (Å²) in [5.74, 6) is -0.763. The lowest BCUT2D eigenvalue weighted by molar-refractivity contribution is -0.137. The number of hydrogen-bond donors (Lipinski definition) is 4. The smallest absolute Gasteiger partial charge is 0.303 e. The van der Waals surface area contributed by atoms with Crippen LogP contribution in [0, 0.1) is 0 Å². The van der Waals surface area contributed by atoms with Gasteiger partial charge in [-0.1, -0.05) is 64.0 Å². The van der Waals surface area contributed by atoms with Gasteiger partial charge in [-0.25, -0.2) is 0 Å². The molecule has 0 rings (SSSR count). The number of carboxylic acid groups (broad SMARTS) is 1. The van der Waals surface area contributed by atoms with Crippen molar-refractivity contribution in [1.29, 1.82) is 0 Å². The number of allylic oxidation sites excluding steroid dienone is 1. The van der Waals surface area contributed by atoms with Crippen molar-refractivity contribution < 1.29 is 25.2 Å². The molecule has 5 nitrogen and oxygen atoms in total. The molecule has 3 atom stereocenters. The fourth-order valence-corrected chi connectivity index (χ4v) is 2.60. The average molecular weight is 344 g/mol. The third kappa shape index (κ3) is 13.5. The van der Waals surface area contributed by atoms with Gasteiger partial charge >= 0.3 is 5.97 Å². The summed E-state index contributed by atoms with van der Waals surface area (Å²) >= 11 is 0. The van der Waals surface area contributed by atoms with Crippen molar-refractivity contribution in [1.82, 2.24) is 0 Å². The van der Waals surface area contributed by atoms with Gasteiger partial charge in [0, 0.05) is 6.42 Å². The fourth-order valence-electron chi connectivity index (χ4n) is 2.60. The number of hydrogen-bond acceptors (Lipinski definition) is 4. The third-order valence-electron chi connectivity index (χ3n) is 4.19. The second kappa shape index (κ2) is 15.6. The highest BCUT2D eigenvalue weighted by atomic mass is 16.4. The lowest BCUT2D eigenvalue weighted by atomic mass is 10.0. The van der Waals surface area contributed by atoms with E-state index in [1.165, 1.54) is 19.3 Å². The quantitative estimate of drug-likeness (QED) is 0.254. The Morgan fingerprint density at radius 1 is 0.917 bits per heavy atom. The van der Waals surface area contributed by atoms with Crippen molar-refractivity contribution in [3.05, 3.63) is 12.2 Å². The maximum absolute atomic E-state index is 10.4. The largest absolute Gasteiger partial charge is 0.481 e. The van der Waals surface area contributed by atoms with Gasteiger partial charge in [-0.05, 0) is 25.7 Å². The average Bonchev–Trinajstić information content (AvgIpc) is 2.55. The van der Waals surface area contributed by atoms with Crippen LogP contribution in [0.2, 0.25) is 0 Å². The van der Waals surface area contributed by atoms with Crippen LogP contribution in [0.4, 0.5) is 0 Å². The molecule has 5 heteroatoms. The lowest BCUT2D eigenvalue weighted by Crippen LogP contribution is -2.36. The number of carboxylic acids is 1. The number of rotatable bonds is 16. The Balaban J connectivity index is 3.71. The van der Waals surface area contributed by atoms with Crippen LogP contribution in [0.15, 0.2) is 12.2 Å². The van der Waals surface area contributed by atoms with Crippen molar-refractivity contribution in [2.24, 2.45) is 0 Å². The van der Waals surface area contributed by atoms with Crippen molar-refractivity contribution in [2.75, 3.05) is 0 Å². The van der Waals surface area contributed by atoms with Crippen LogP contribution < -0.4 is 0 Å². The van der Waals surface area contributed by atoms with Crippen molar-refractivity contribution in [3.8, 4) is 0 Å². The molecule has 0 aliphatic rings. The summed E-state index contributed by atoms with van der Waals surface area (Å²) in [4.78, 5) is 10.4. The van der Waals surface area contributed by atoms with Crippen LogP contribution in [-0.4, -0.2) is 44.7 Å². The van der Waals surface area contributed by atoms with E-state index in [0.717, 1.165) is 38.5 Å². The summed E-state index contributed by atoms with van der Waals surface area (Å²) in [6, 6.07) is 0. The summed E-state index contributed by atoms with van der Waals surface area (Å²) in [6.45, 7) is 2.16. The molecule has 0 fully saturated rings. The van der Waals surface area contributed by atoms with E-state index in [1.807, 2.05) is 6.08 Å². The molecule has 0 aromatic rings. The molecule has 24 heavy (non-hydrogen) atoms. The van der Waals surface area contributed by atoms with Gasteiger partial charge in [0.2, 0.25) is 0 Å². The number of aliphatic carboxylic acids is 1. The van der Waals surface area contributed by atoms with Gasteiger partial charge in [0.05, 0.1) is 6.10 Å². The summed E-state index contributed by atoms with van der Waals surface area (Å²) in [6.07, 6.45) is 10.7. The maximum atomic E-state index is 10.4. The van der Waals surface area contributed by atoms with Crippen LogP contribution in [0.5, 0.6) is 0 Å². The molecule has 0 saturated heterocycles. The predicted octanol–water partition coefficient (Wildman–Crippen LogP) is 3.41. The Kier molecular flexibility index (Phi) is 15.0. The third-order valence-corrected chi connectivity index (χ3v) is 4.19. The SMILES string of the molecule is CCCCCC/C=C\[C@@H](O)[C@@H](O)[C@@H](O)CCCCCCCC(=O)O. The number of aliphatic hydroxyl groups excluding tert-OH is 3. The molecule has 0 heterocycles. The molecular weight excluding hydrogens is 308 g/mol. The first-order valence-corrected chi connectivity index (χ1v) is 9.41. The maximum Gasteiger partial charge on any atom is 0.303 e. The summed E-state index contributed by atoms with van der Waals surface area (Å²) < 4.78 is 0. The van der Waals surface area contributed by atoms with Crippen molar-refractivity contribution in [3.63, 3.8) is 0 Å². The van der Waals surface area contributed by atoms with Crippen LogP contribution in [0.1, 0.15) is 84.0 Å². The zero-order valence-corrected chi connectivity index (χ0v) is 15.1. The number of unbranched alkanes of at least 4 members (excludes halogenated alkanes) is 8. The van der Waals surface area contributed by atoms with Gasteiger partial charge in [0.1, 0.15) is 12.2 Å². The van der Waals surface area contributed by atoms with Gasteiger partial charge in [-0.3, -0.25) is 4.79 Å². The molecule has 0 aliphatic heterocycles. The van der Waals surface area contributed by atoms with E-state index in [-0.39, 0.29) is 6.42 Å². The van der Waals surface area contributed by atoms with E-state index in [9.17, 15) is 20.1 Å². The highest BCUT2D eigenvalue weighted by molar-refractivity contribution is 5.66. The minimum absolute atomic E-state index is 0.207. The molecule has 0 spiro atoms. The van der Waals surface area contributed by atoms with Crippen molar-refractivity contribution in [2.45, 2.75) is 102 Å². The molecule has 0 aromatic heterocycles. The zero-order chi connectivity index (χ0) is 18.2. The van der Waals surface area contributed by atoms with Crippen LogP contribution >= 0.6 is 0 Å². The van der Waals surface area contributed by atoms with Crippen molar-refractivity contribution >= 4 is 5.97 Å². The molecule has 0 aromatic carbocycles. The predicted molar refractivity (Wildman–Crippen MR) is 95.9 cm³/mol. The molecule has 0 amide bonds. The summed E-state index contributed by atoms with van der Waals surface area (Å²) in [5, 5.41) is 38.2. The normalized spacial score (nSPS) is 15.5. The fraction of sp³-hybridized carbons (Fsp3) is 0.842. The molecule has 0 bridgehead atoms. The Labute approximate surface area is 146 Å². The standard InChI is InChI=1S/C19H36O5/c1-2-3-4-5-7-10-13-16(20)19(24)17(21)14-11-8-6-9-12-15-18(22)23/h10,13,16-17,19-21,24H,2-9,11-12,14-15H2,1H3,(H,22,23)/b13-10-/t16-,17+,19-/m1/s1. The van der Waals surface area contributed by atoms with E-state index >= 15 is 0 Å². The molecular formula is C19H36O5. The second-order valence-corrected chi connectivity index (χ2v) is 6.53. The lowest BCUT2D eigenvalue weighted by Gasteiger charge is -2.20. The highest BCUT2D eigenvalue weighted by Crippen LogP contribution is 2.13. The molecule has 0 saturated carbocycles. The van der Waals surface area contributed by atoms with E-state index < -0.39 is 24.3 Å².